The van der Waals surface area contributed by atoms with Gasteiger partial charge in [-0.15, -0.1) is 0 Å². The molecule has 0 aliphatic carbocycles. The molecule has 20 heavy (non-hydrogen) atoms. The highest BCUT2D eigenvalue weighted by Crippen LogP contribution is 2.21. The average Bonchev–Trinajstić information content (AvgIpc) is 2.91. The number of nitrogens with zero attached hydrogens (tertiary/aromatic N) is 3. The molecule has 0 aliphatic rings. The number of hydrogen-bond acceptors (Lipinski definition) is 5. The van der Waals surface area contributed by atoms with Crippen LogP contribution >= 0.6 is 0 Å². The fourth-order valence-corrected chi connectivity index (χ4v) is 1.77. The van der Waals surface area contributed by atoms with Crippen molar-refractivity contribution in [3.63, 3.8) is 0 Å². The van der Waals surface area contributed by atoms with Crippen molar-refractivity contribution in [2.45, 2.75) is 6.42 Å². The van der Waals surface area contributed by atoms with E-state index >= 15 is 0 Å². The molecule has 2 heterocycles. The van der Waals surface area contributed by atoms with E-state index in [9.17, 15) is 4.39 Å². The number of halogens is 1. The molecule has 0 saturated heterocycles. The predicted molar refractivity (Wildman–Crippen MR) is 71.1 cm³/mol. The minimum absolute atomic E-state index is 0.0852. The van der Waals surface area contributed by atoms with Crippen molar-refractivity contribution in [2.75, 3.05) is 5.73 Å². The van der Waals surface area contributed by atoms with Crippen molar-refractivity contribution in [1.82, 2.24) is 15.1 Å². The Bertz CT molecular complexity index is 727. The van der Waals surface area contributed by atoms with Crippen molar-refractivity contribution < 1.29 is 8.91 Å². The quantitative estimate of drug-likeness (QED) is 0.739. The second-order valence-corrected chi connectivity index (χ2v) is 4.25. The van der Waals surface area contributed by atoms with Gasteiger partial charge in [-0.2, -0.15) is 4.98 Å². The summed E-state index contributed by atoms with van der Waals surface area (Å²) in [5, 5.41) is 3.86. The molecule has 2 aromatic heterocycles. The molecule has 6 heteroatoms. The maximum Gasteiger partial charge on any atom is 0.258 e. The van der Waals surface area contributed by atoms with Gasteiger partial charge >= 0.3 is 0 Å². The largest absolute Gasteiger partial charge is 0.396 e. The molecule has 3 aromatic rings. The van der Waals surface area contributed by atoms with Gasteiger partial charge in [-0.25, -0.2) is 4.39 Å². The van der Waals surface area contributed by atoms with Crippen molar-refractivity contribution in [2.24, 2.45) is 0 Å². The van der Waals surface area contributed by atoms with Gasteiger partial charge in [0.05, 0.1) is 12.1 Å². The number of hydrogen-bond donors (Lipinski definition) is 1. The Kier molecular flexibility index (Phi) is 3.12. The van der Waals surface area contributed by atoms with Crippen LogP contribution in [0.4, 0.5) is 10.1 Å². The Morgan fingerprint density at radius 2 is 2.10 bits per heavy atom. The van der Waals surface area contributed by atoms with Crippen LogP contribution in [0.25, 0.3) is 11.5 Å². The van der Waals surface area contributed by atoms with Gasteiger partial charge < -0.3 is 10.3 Å². The summed E-state index contributed by atoms with van der Waals surface area (Å²) in [4.78, 5) is 8.40. The third kappa shape index (κ3) is 2.49. The van der Waals surface area contributed by atoms with Crippen LogP contribution in [0.5, 0.6) is 0 Å². The van der Waals surface area contributed by atoms with E-state index in [0.717, 1.165) is 5.69 Å². The molecule has 5 nitrogen and oxygen atoms in total. The molecule has 0 amide bonds. The minimum atomic E-state index is -0.507. The number of benzene rings is 1. The normalized spacial score (nSPS) is 10.7. The van der Waals surface area contributed by atoms with Gasteiger partial charge in [0.25, 0.3) is 5.89 Å². The average molecular weight is 270 g/mol. The highest BCUT2D eigenvalue weighted by Gasteiger charge is 2.11. The summed E-state index contributed by atoms with van der Waals surface area (Å²) in [7, 11) is 0. The lowest BCUT2D eigenvalue weighted by Crippen LogP contribution is -1.93. The summed E-state index contributed by atoms with van der Waals surface area (Å²) in [5.41, 5.74) is 6.84. The van der Waals surface area contributed by atoms with Gasteiger partial charge in [0.2, 0.25) is 0 Å². The van der Waals surface area contributed by atoms with Gasteiger partial charge in [0.1, 0.15) is 5.82 Å². The van der Waals surface area contributed by atoms with Crippen LogP contribution in [-0.2, 0) is 6.42 Å². The monoisotopic (exact) mass is 270 g/mol. The lowest BCUT2D eigenvalue weighted by molar-refractivity contribution is 0.423. The number of rotatable bonds is 3. The Morgan fingerprint density at radius 3 is 2.85 bits per heavy atom. The van der Waals surface area contributed by atoms with Crippen molar-refractivity contribution in [3.05, 3.63) is 59.9 Å². The first-order chi connectivity index (χ1) is 9.72. The fourth-order valence-electron chi connectivity index (χ4n) is 1.77. The molecule has 1 aromatic carbocycles. The van der Waals surface area contributed by atoms with Crippen LogP contribution in [0.2, 0.25) is 0 Å². The summed E-state index contributed by atoms with van der Waals surface area (Å²) < 4.78 is 18.5. The molecule has 0 fully saturated rings. The fraction of sp³-hybridized carbons (Fsp3) is 0.0714. The zero-order valence-corrected chi connectivity index (χ0v) is 10.5. The van der Waals surface area contributed by atoms with E-state index in [1.165, 1.54) is 12.1 Å². The molecule has 0 saturated carbocycles. The zero-order valence-electron chi connectivity index (χ0n) is 10.5. The Hall–Kier alpha value is -2.76. The third-order valence-electron chi connectivity index (χ3n) is 2.78. The standard InChI is InChI=1S/C14H11FN4O/c15-11-7-9(4-5-12(11)16)14-18-13(19-20-14)8-10-3-1-2-6-17-10/h1-7H,8,16H2. The van der Waals surface area contributed by atoms with E-state index in [-0.39, 0.29) is 11.6 Å². The highest BCUT2D eigenvalue weighted by molar-refractivity contribution is 5.57. The molecule has 3 rings (SSSR count). The first-order valence-electron chi connectivity index (χ1n) is 6.00. The lowest BCUT2D eigenvalue weighted by atomic mass is 10.2. The maximum atomic E-state index is 13.4. The minimum Gasteiger partial charge on any atom is -0.396 e. The number of pyridine rings is 1. The number of aromatic nitrogens is 3. The van der Waals surface area contributed by atoms with E-state index in [1.54, 1.807) is 12.3 Å². The third-order valence-corrected chi connectivity index (χ3v) is 2.78. The molecule has 0 atom stereocenters. The Labute approximate surface area is 114 Å². The van der Waals surface area contributed by atoms with E-state index in [4.69, 9.17) is 10.3 Å². The first kappa shape index (κ1) is 12.3. The van der Waals surface area contributed by atoms with Crippen molar-refractivity contribution in [1.29, 1.82) is 0 Å². The van der Waals surface area contributed by atoms with E-state index in [2.05, 4.69) is 15.1 Å². The second kappa shape index (κ2) is 5.08. The van der Waals surface area contributed by atoms with Gasteiger partial charge in [0.15, 0.2) is 5.82 Å². The number of anilines is 1. The Morgan fingerprint density at radius 1 is 1.20 bits per heavy atom. The predicted octanol–water partition coefficient (Wildman–Crippen LogP) is 2.44. The van der Waals surface area contributed by atoms with Crippen LogP contribution in [0.1, 0.15) is 11.5 Å². The maximum absolute atomic E-state index is 13.4. The van der Waals surface area contributed by atoms with Crippen LogP contribution in [0.3, 0.4) is 0 Å². The van der Waals surface area contributed by atoms with Gasteiger partial charge in [-0.1, -0.05) is 11.2 Å². The smallest absolute Gasteiger partial charge is 0.258 e. The van der Waals surface area contributed by atoms with Crippen molar-refractivity contribution >= 4 is 5.69 Å². The van der Waals surface area contributed by atoms with Crippen LogP contribution < -0.4 is 5.73 Å². The molecule has 100 valence electrons. The molecule has 2 N–H and O–H groups in total. The summed E-state index contributed by atoms with van der Waals surface area (Å²) in [6.45, 7) is 0. The molecule has 0 bridgehead atoms. The van der Waals surface area contributed by atoms with Gasteiger partial charge in [-0.3, -0.25) is 4.98 Å². The highest BCUT2D eigenvalue weighted by atomic mass is 19.1. The molecule has 0 spiro atoms. The molecular formula is C14H11FN4O. The van der Waals surface area contributed by atoms with Crippen molar-refractivity contribution in [3.8, 4) is 11.5 Å². The summed E-state index contributed by atoms with van der Waals surface area (Å²) in [6.07, 6.45) is 2.16. The van der Waals surface area contributed by atoms with Gasteiger partial charge in [-0.05, 0) is 30.3 Å². The number of nitrogen functional groups attached to an aromatic ring is 1. The van der Waals surface area contributed by atoms with E-state index in [1.807, 2.05) is 18.2 Å². The molecule has 0 unspecified atom stereocenters. The summed E-state index contributed by atoms with van der Waals surface area (Å²) in [6, 6.07) is 9.97. The SMILES string of the molecule is Nc1ccc(-c2nc(Cc3ccccn3)no2)cc1F. The van der Waals surface area contributed by atoms with E-state index in [0.29, 0.717) is 17.8 Å². The topological polar surface area (TPSA) is 77.8 Å². The van der Waals surface area contributed by atoms with Crippen LogP contribution in [-0.4, -0.2) is 15.1 Å². The second-order valence-electron chi connectivity index (χ2n) is 4.25. The lowest BCUT2D eigenvalue weighted by Gasteiger charge is -1.97. The van der Waals surface area contributed by atoms with Crippen LogP contribution in [0, 0.1) is 5.82 Å². The van der Waals surface area contributed by atoms with Gasteiger partial charge in [0, 0.05) is 17.5 Å². The summed E-state index contributed by atoms with van der Waals surface area (Å²) >= 11 is 0. The molecule has 0 aliphatic heterocycles. The number of nitrogens with two attached hydrogens (primary N) is 1. The first-order valence-corrected chi connectivity index (χ1v) is 6.00. The zero-order chi connectivity index (χ0) is 13.9. The summed E-state index contributed by atoms with van der Waals surface area (Å²) in [5.74, 6) is 0.248. The van der Waals surface area contributed by atoms with Crippen LogP contribution in [0.15, 0.2) is 47.1 Å². The molecule has 0 radical (unpaired) electrons. The molecular weight excluding hydrogens is 259 g/mol. The van der Waals surface area contributed by atoms with E-state index < -0.39 is 5.82 Å². The Balaban J connectivity index is 1.84.